The quantitative estimate of drug-likeness (QED) is 0.249. The van der Waals surface area contributed by atoms with Gasteiger partial charge in [0.2, 0.25) is 29.5 Å². The highest BCUT2D eigenvalue weighted by molar-refractivity contribution is 5.93. The van der Waals surface area contributed by atoms with Gasteiger partial charge in [-0.1, -0.05) is 44.2 Å². The van der Waals surface area contributed by atoms with Crippen LogP contribution in [0.1, 0.15) is 72.3 Å². The molecule has 13 heteroatoms. The molecule has 48 heavy (non-hydrogen) atoms. The third-order valence-electron chi connectivity index (χ3n) is 8.95. The molecule has 1 spiro atoms. The summed E-state index contributed by atoms with van der Waals surface area (Å²) in [5.74, 6) is -1.28. The number of carbonyl (C=O) groups is 6. The lowest BCUT2D eigenvalue weighted by Gasteiger charge is -2.54. The Morgan fingerprint density at radius 3 is 2.04 bits per heavy atom. The number of carbonyl (C=O) groups excluding carboxylic acids is 6. The van der Waals surface area contributed by atoms with E-state index in [0.29, 0.717) is 19.5 Å². The number of hydrogen-bond donors (Lipinski definition) is 4. The predicted octanol–water partition coefficient (Wildman–Crippen LogP) is 1.75. The van der Waals surface area contributed by atoms with Crippen LogP contribution in [0, 0.1) is 17.3 Å². The van der Waals surface area contributed by atoms with Gasteiger partial charge in [0, 0.05) is 43.9 Å². The molecule has 6 amide bonds. The first-order valence-corrected chi connectivity index (χ1v) is 17.1. The van der Waals surface area contributed by atoms with E-state index in [0.717, 1.165) is 44.3 Å². The van der Waals surface area contributed by atoms with E-state index in [1.165, 1.54) is 0 Å². The molecular formula is C35H52N6O7. The Kier molecular flexibility index (Phi) is 12.1. The summed E-state index contributed by atoms with van der Waals surface area (Å²) < 4.78 is 5.32. The van der Waals surface area contributed by atoms with Gasteiger partial charge < -0.3 is 35.8 Å². The summed E-state index contributed by atoms with van der Waals surface area (Å²) in [4.78, 5) is 80.5. The summed E-state index contributed by atoms with van der Waals surface area (Å²) in [7, 11) is 0. The smallest absolute Gasteiger partial charge is 0.408 e. The zero-order chi connectivity index (χ0) is 35.1. The summed E-state index contributed by atoms with van der Waals surface area (Å²) in [6.45, 7) is 11.1. The molecule has 2 saturated heterocycles. The fourth-order valence-electron chi connectivity index (χ4n) is 6.19. The van der Waals surface area contributed by atoms with Crippen molar-refractivity contribution in [1.82, 2.24) is 31.1 Å². The first-order valence-electron chi connectivity index (χ1n) is 17.1. The van der Waals surface area contributed by atoms with Gasteiger partial charge in [-0.05, 0) is 64.4 Å². The molecule has 1 aromatic carbocycles. The van der Waals surface area contributed by atoms with Crippen LogP contribution in [0.5, 0.6) is 0 Å². The third-order valence-corrected chi connectivity index (χ3v) is 8.95. The number of ether oxygens (including phenoxy) is 1. The van der Waals surface area contributed by atoms with Crippen LogP contribution in [0.4, 0.5) is 4.79 Å². The summed E-state index contributed by atoms with van der Waals surface area (Å²) >= 11 is 0. The molecule has 0 radical (unpaired) electrons. The summed E-state index contributed by atoms with van der Waals surface area (Å²) in [5.41, 5.74) is 0.0861. The number of piperidine rings is 1. The Hall–Kier alpha value is -4.16. The molecule has 3 fully saturated rings. The molecule has 2 heterocycles. The largest absolute Gasteiger partial charge is 0.444 e. The van der Waals surface area contributed by atoms with Crippen molar-refractivity contribution >= 4 is 35.6 Å². The molecule has 1 aliphatic carbocycles. The minimum atomic E-state index is -1.01. The van der Waals surface area contributed by atoms with Gasteiger partial charge in [-0.3, -0.25) is 24.0 Å². The maximum absolute atomic E-state index is 13.1. The maximum Gasteiger partial charge on any atom is 0.408 e. The fourth-order valence-corrected chi connectivity index (χ4v) is 6.19. The van der Waals surface area contributed by atoms with Crippen LogP contribution in [0.15, 0.2) is 30.3 Å². The van der Waals surface area contributed by atoms with Crippen LogP contribution in [0.25, 0.3) is 0 Å². The van der Waals surface area contributed by atoms with E-state index in [2.05, 4.69) is 21.3 Å². The van der Waals surface area contributed by atoms with Gasteiger partial charge in [-0.15, -0.1) is 0 Å². The van der Waals surface area contributed by atoms with Crippen molar-refractivity contribution in [1.29, 1.82) is 0 Å². The standard InChI is InChI=1S/C35H52N6O7/c1-23(2)17-26(30(44)37-20-29(43)41-21-35(22-41)13-15-40(16-14-35)32(46)25-11-12-25)38-28(42)19-36-31(45)27(18-24-9-7-6-8-10-24)39-33(47)48-34(3,4)5/h6-10,23,25-27H,11-22H2,1-5H3,(H,36,45)(H,37,44)(H,38,42)(H,39,47). The molecule has 4 rings (SSSR count). The van der Waals surface area contributed by atoms with E-state index >= 15 is 0 Å². The van der Waals surface area contributed by atoms with Crippen LogP contribution in [0.3, 0.4) is 0 Å². The highest BCUT2D eigenvalue weighted by atomic mass is 16.6. The second-order valence-corrected chi connectivity index (χ2v) is 14.9. The van der Waals surface area contributed by atoms with E-state index in [1.54, 1.807) is 25.7 Å². The molecule has 1 saturated carbocycles. The molecule has 264 valence electrons. The predicted molar refractivity (Wildman–Crippen MR) is 178 cm³/mol. The van der Waals surface area contributed by atoms with Crippen LogP contribution < -0.4 is 21.3 Å². The molecule has 0 bridgehead atoms. The summed E-state index contributed by atoms with van der Waals surface area (Å²) in [6, 6.07) is 7.23. The highest BCUT2D eigenvalue weighted by Crippen LogP contribution is 2.41. The van der Waals surface area contributed by atoms with Gasteiger partial charge in [-0.2, -0.15) is 0 Å². The lowest BCUT2D eigenvalue weighted by molar-refractivity contribution is -0.150. The number of hydrogen-bond acceptors (Lipinski definition) is 7. The average molecular weight is 669 g/mol. The lowest BCUT2D eigenvalue weighted by Crippen LogP contribution is -2.63. The Bertz CT molecular complexity index is 1320. The molecule has 1 aromatic rings. The first-order chi connectivity index (χ1) is 22.6. The third kappa shape index (κ3) is 10.9. The van der Waals surface area contributed by atoms with Gasteiger partial charge >= 0.3 is 6.09 Å². The SMILES string of the molecule is CC(C)CC(NC(=O)CNC(=O)C(Cc1ccccc1)NC(=O)OC(C)(C)C)C(=O)NCC(=O)N1CC2(CCN(C(=O)C3CC3)CC2)C1. The number of nitrogens with one attached hydrogen (secondary N) is 4. The van der Waals surface area contributed by atoms with E-state index in [9.17, 15) is 28.8 Å². The Balaban J connectivity index is 1.23. The van der Waals surface area contributed by atoms with Crippen molar-refractivity contribution in [3.8, 4) is 0 Å². The molecule has 13 nitrogen and oxygen atoms in total. The van der Waals surface area contributed by atoms with Gasteiger partial charge in [-0.25, -0.2) is 4.79 Å². The highest BCUT2D eigenvalue weighted by Gasteiger charge is 2.48. The Labute approximate surface area is 283 Å². The van der Waals surface area contributed by atoms with Crippen LogP contribution >= 0.6 is 0 Å². The van der Waals surface area contributed by atoms with Crippen LogP contribution in [-0.2, 0) is 35.1 Å². The van der Waals surface area contributed by atoms with Crippen molar-refractivity contribution in [3.63, 3.8) is 0 Å². The number of rotatable bonds is 13. The molecule has 2 atom stereocenters. The Morgan fingerprint density at radius 2 is 1.46 bits per heavy atom. The second-order valence-electron chi connectivity index (χ2n) is 14.9. The molecule has 2 aliphatic heterocycles. The number of benzene rings is 1. The van der Waals surface area contributed by atoms with Crippen molar-refractivity contribution in [2.45, 2.75) is 90.8 Å². The summed E-state index contributed by atoms with van der Waals surface area (Å²) in [6.07, 6.45) is 3.51. The maximum atomic E-state index is 13.1. The molecule has 3 aliphatic rings. The first kappa shape index (κ1) is 36.7. The van der Waals surface area contributed by atoms with Crippen LogP contribution in [0.2, 0.25) is 0 Å². The van der Waals surface area contributed by atoms with Gasteiger partial charge in [0.25, 0.3) is 0 Å². The van der Waals surface area contributed by atoms with Gasteiger partial charge in [0.15, 0.2) is 0 Å². The zero-order valence-electron chi connectivity index (χ0n) is 28.9. The van der Waals surface area contributed by atoms with Gasteiger partial charge in [0.05, 0.1) is 13.1 Å². The van der Waals surface area contributed by atoms with E-state index in [4.69, 9.17) is 4.74 Å². The zero-order valence-corrected chi connectivity index (χ0v) is 28.9. The number of nitrogens with zero attached hydrogens (tertiary/aromatic N) is 2. The van der Waals surface area contributed by atoms with Crippen molar-refractivity contribution in [2.75, 3.05) is 39.3 Å². The number of likely N-dealkylation sites (tertiary alicyclic amines) is 2. The van der Waals surface area contributed by atoms with E-state index < -0.39 is 48.0 Å². The molecular weight excluding hydrogens is 616 g/mol. The van der Waals surface area contributed by atoms with Gasteiger partial charge in [0.1, 0.15) is 17.7 Å². The van der Waals surface area contributed by atoms with Crippen LogP contribution in [-0.4, -0.2) is 102 Å². The Morgan fingerprint density at radius 1 is 0.854 bits per heavy atom. The number of alkyl carbamates (subject to hydrolysis) is 1. The molecule has 0 aromatic heterocycles. The van der Waals surface area contributed by atoms with E-state index in [1.807, 2.05) is 49.1 Å². The number of amides is 6. The summed E-state index contributed by atoms with van der Waals surface area (Å²) in [5, 5.41) is 10.5. The van der Waals surface area contributed by atoms with Crippen molar-refractivity contribution in [2.24, 2.45) is 17.3 Å². The van der Waals surface area contributed by atoms with Crippen molar-refractivity contribution in [3.05, 3.63) is 35.9 Å². The molecule has 4 N–H and O–H groups in total. The fraction of sp³-hybridized carbons (Fsp3) is 0.657. The second kappa shape index (κ2) is 15.8. The minimum absolute atomic E-state index is 0.0428. The normalized spacial score (nSPS) is 18.3. The van der Waals surface area contributed by atoms with Crippen molar-refractivity contribution < 1.29 is 33.5 Å². The minimum Gasteiger partial charge on any atom is -0.444 e. The van der Waals surface area contributed by atoms with E-state index in [-0.39, 0.29) is 42.0 Å². The lowest BCUT2D eigenvalue weighted by atomic mass is 9.72. The monoisotopic (exact) mass is 668 g/mol. The molecule has 2 unspecified atom stereocenters. The topological polar surface area (TPSA) is 166 Å². The average Bonchev–Trinajstić information content (AvgIpc) is 3.85.